The number of aromatic nitrogens is 2. The Kier molecular flexibility index (Phi) is 4.16. The van der Waals surface area contributed by atoms with Crippen molar-refractivity contribution in [2.24, 2.45) is 0 Å². The number of halogens is 1. The van der Waals surface area contributed by atoms with Crippen molar-refractivity contribution >= 4 is 22.6 Å². The number of nitrogens with zero attached hydrogens (tertiary/aromatic N) is 1. The average Bonchev–Trinajstić information content (AvgIpc) is 3.04. The van der Waals surface area contributed by atoms with Crippen LogP contribution in [0.4, 0.5) is 0 Å². The maximum absolute atomic E-state index is 6.22. The molecule has 0 unspecified atom stereocenters. The maximum Gasteiger partial charge on any atom is 0.142 e. The third-order valence-electron chi connectivity index (χ3n) is 4.12. The van der Waals surface area contributed by atoms with Gasteiger partial charge in [-0.3, -0.25) is 0 Å². The summed E-state index contributed by atoms with van der Waals surface area (Å²) in [4.78, 5) is 8.08. The summed E-state index contributed by atoms with van der Waals surface area (Å²) in [6.07, 6.45) is 0. The van der Waals surface area contributed by atoms with Crippen LogP contribution in [0.5, 0.6) is 5.75 Å². The number of para-hydroxylation sites is 1. The van der Waals surface area contributed by atoms with Crippen LogP contribution in [0.15, 0.2) is 66.7 Å². The molecular formula is C21H17ClN2O. The maximum atomic E-state index is 6.22. The second-order valence-electron chi connectivity index (χ2n) is 5.98. The Labute approximate surface area is 151 Å². The number of hydrogen-bond donors (Lipinski definition) is 1. The van der Waals surface area contributed by atoms with E-state index in [1.54, 1.807) is 0 Å². The van der Waals surface area contributed by atoms with E-state index in [0.29, 0.717) is 11.6 Å². The monoisotopic (exact) mass is 348 g/mol. The first kappa shape index (κ1) is 15.7. The fourth-order valence-electron chi connectivity index (χ4n) is 2.81. The van der Waals surface area contributed by atoms with Gasteiger partial charge in [0, 0.05) is 10.6 Å². The molecule has 1 aromatic heterocycles. The lowest BCUT2D eigenvalue weighted by molar-refractivity contribution is 0.307. The number of H-pyrrole nitrogens is 1. The summed E-state index contributed by atoms with van der Waals surface area (Å²) in [5.41, 5.74) is 5.06. The largest absolute Gasteiger partial charge is 0.488 e. The second kappa shape index (κ2) is 6.61. The van der Waals surface area contributed by atoms with Gasteiger partial charge in [-0.2, -0.15) is 0 Å². The number of imidazole rings is 1. The number of aromatic amines is 1. The molecule has 124 valence electrons. The molecule has 0 radical (unpaired) electrons. The molecule has 0 aliphatic carbocycles. The summed E-state index contributed by atoms with van der Waals surface area (Å²) < 4.78 is 6.03. The summed E-state index contributed by atoms with van der Waals surface area (Å²) in [6.45, 7) is 2.48. The van der Waals surface area contributed by atoms with Gasteiger partial charge in [0.15, 0.2) is 0 Å². The summed E-state index contributed by atoms with van der Waals surface area (Å²) in [7, 11) is 0. The lowest BCUT2D eigenvalue weighted by Gasteiger charge is -2.11. The van der Waals surface area contributed by atoms with Gasteiger partial charge in [0.05, 0.1) is 16.6 Å². The van der Waals surface area contributed by atoms with Crippen LogP contribution in [0, 0.1) is 6.92 Å². The van der Waals surface area contributed by atoms with Crippen molar-refractivity contribution in [2.45, 2.75) is 13.5 Å². The number of fused-ring (bicyclic) bond motifs is 1. The Balaban J connectivity index is 1.67. The van der Waals surface area contributed by atoms with Crippen molar-refractivity contribution in [3.8, 4) is 17.1 Å². The Morgan fingerprint density at radius 1 is 1.00 bits per heavy atom. The zero-order valence-electron chi connectivity index (χ0n) is 13.8. The average molecular weight is 349 g/mol. The fraction of sp³-hybridized carbons (Fsp3) is 0.0952. The van der Waals surface area contributed by atoms with Crippen LogP contribution in [0.3, 0.4) is 0 Å². The van der Waals surface area contributed by atoms with Gasteiger partial charge in [-0.15, -0.1) is 0 Å². The minimum Gasteiger partial charge on any atom is -0.488 e. The van der Waals surface area contributed by atoms with Gasteiger partial charge in [-0.05, 0) is 42.8 Å². The van der Waals surface area contributed by atoms with Crippen LogP contribution >= 0.6 is 11.6 Å². The van der Waals surface area contributed by atoms with Crippen molar-refractivity contribution in [1.82, 2.24) is 9.97 Å². The van der Waals surface area contributed by atoms with Gasteiger partial charge in [0.2, 0.25) is 0 Å². The first-order valence-corrected chi connectivity index (χ1v) is 8.50. The molecule has 3 aromatic carbocycles. The molecule has 0 spiro atoms. The lowest BCUT2D eigenvalue weighted by Crippen LogP contribution is -1.98. The predicted molar refractivity (Wildman–Crippen MR) is 102 cm³/mol. The van der Waals surface area contributed by atoms with Crippen LogP contribution in [-0.2, 0) is 6.61 Å². The van der Waals surface area contributed by atoms with Crippen molar-refractivity contribution in [2.75, 3.05) is 0 Å². The van der Waals surface area contributed by atoms with Crippen molar-refractivity contribution in [3.63, 3.8) is 0 Å². The van der Waals surface area contributed by atoms with E-state index in [0.717, 1.165) is 33.7 Å². The van der Waals surface area contributed by atoms with Gasteiger partial charge >= 0.3 is 0 Å². The standard InChI is InChI=1S/C21H17ClN2O/c1-14-10-11-18-19(12-14)24-21(23-18)16-7-3-5-9-20(16)25-13-15-6-2-4-8-17(15)22/h2-12H,13H2,1H3,(H,23,24). The number of benzene rings is 3. The minimum absolute atomic E-state index is 0.413. The number of hydrogen-bond acceptors (Lipinski definition) is 2. The molecule has 1 heterocycles. The summed E-state index contributed by atoms with van der Waals surface area (Å²) in [5, 5.41) is 0.708. The van der Waals surface area contributed by atoms with E-state index in [1.165, 1.54) is 5.56 Å². The van der Waals surface area contributed by atoms with E-state index in [-0.39, 0.29) is 0 Å². The highest BCUT2D eigenvalue weighted by atomic mass is 35.5. The van der Waals surface area contributed by atoms with Crippen molar-refractivity contribution in [1.29, 1.82) is 0 Å². The Bertz CT molecular complexity index is 1040. The van der Waals surface area contributed by atoms with E-state index in [1.807, 2.05) is 54.6 Å². The second-order valence-corrected chi connectivity index (χ2v) is 6.39. The third-order valence-corrected chi connectivity index (χ3v) is 4.49. The fourth-order valence-corrected chi connectivity index (χ4v) is 3.00. The zero-order valence-corrected chi connectivity index (χ0v) is 14.5. The Morgan fingerprint density at radius 2 is 1.80 bits per heavy atom. The number of ether oxygens (including phenoxy) is 1. The van der Waals surface area contributed by atoms with Crippen LogP contribution in [0.2, 0.25) is 5.02 Å². The highest BCUT2D eigenvalue weighted by molar-refractivity contribution is 6.31. The smallest absolute Gasteiger partial charge is 0.142 e. The molecule has 0 bridgehead atoms. The van der Waals surface area contributed by atoms with Crippen molar-refractivity contribution < 1.29 is 4.74 Å². The number of aryl methyl sites for hydroxylation is 1. The SMILES string of the molecule is Cc1ccc2nc(-c3ccccc3OCc3ccccc3Cl)[nH]c2c1. The topological polar surface area (TPSA) is 37.9 Å². The molecule has 25 heavy (non-hydrogen) atoms. The molecule has 0 saturated heterocycles. The van der Waals surface area contributed by atoms with Gasteiger partial charge in [-0.25, -0.2) is 4.98 Å². The normalized spacial score (nSPS) is 11.0. The van der Waals surface area contributed by atoms with E-state index in [4.69, 9.17) is 21.3 Å². The molecule has 4 rings (SSSR count). The van der Waals surface area contributed by atoms with Crippen LogP contribution < -0.4 is 4.74 Å². The number of rotatable bonds is 4. The van der Waals surface area contributed by atoms with Crippen LogP contribution in [-0.4, -0.2) is 9.97 Å². The van der Waals surface area contributed by atoms with E-state index in [9.17, 15) is 0 Å². The van der Waals surface area contributed by atoms with E-state index < -0.39 is 0 Å². The van der Waals surface area contributed by atoms with Gasteiger partial charge in [-0.1, -0.05) is 48.0 Å². The molecule has 0 amide bonds. The molecule has 3 nitrogen and oxygen atoms in total. The van der Waals surface area contributed by atoms with Crippen LogP contribution in [0.1, 0.15) is 11.1 Å². The predicted octanol–water partition coefficient (Wildman–Crippen LogP) is 5.77. The molecule has 0 atom stereocenters. The Morgan fingerprint density at radius 3 is 2.68 bits per heavy atom. The Hall–Kier alpha value is -2.78. The number of nitrogens with one attached hydrogen (secondary N) is 1. The summed E-state index contributed by atoms with van der Waals surface area (Å²) in [6, 6.07) is 21.8. The van der Waals surface area contributed by atoms with Gasteiger partial charge < -0.3 is 9.72 Å². The highest BCUT2D eigenvalue weighted by Crippen LogP contribution is 2.30. The third kappa shape index (κ3) is 3.24. The molecule has 1 N–H and O–H groups in total. The minimum atomic E-state index is 0.413. The molecule has 0 aliphatic heterocycles. The molecule has 0 aliphatic rings. The quantitative estimate of drug-likeness (QED) is 0.508. The molecule has 4 heteroatoms. The molecule has 0 fully saturated rings. The first-order chi connectivity index (χ1) is 12.2. The van der Waals surface area contributed by atoms with Gasteiger partial charge in [0.25, 0.3) is 0 Å². The summed E-state index contributed by atoms with van der Waals surface area (Å²) in [5.74, 6) is 1.58. The lowest BCUT2D eigenvalue weighted by atomic mass is 10.2. The van der Waals surface area contributed by atoms with Crippen LogP contribution in [0.25, 0.3) is 22.4 Å². The molecule has 4 aromatic rings. The molecular weight excluding hydrogens is 332 g/mol. The van der Waals surface area contributed by atoms with E-state index in [2.05, 4.69) is 24.0 Å². The van der Waals surface area contributed by atoms with Gasteiger partial charge in [0.1, 0.15) is 18.2 Å². The summed E-state index contributed by atoms with van der Waals surface area (Å²) >= 11 is 6.22. The molecule has 0 saturated carbocycles. The van der Waals surface area contributed by atoms with E-state index >= 15 is 0 Å². The zero-order chi connectivity index (χ0) is 17.2. The highest BCUT2D eigenvalue weighted by Gasteiger charge is 2.11. The first-order valence-electron chi connectivity index (χ1n) is 8.13. The van der Waals surface area contributed by atoms with Crippen molar-refractivity contribution in [3.05, 3.63) is 82.9 Å².